The van der Waals surface area contributed by atoms with Crippen molar-refractivity contribution in [3.05, 3.63) is 32.5 Å². The van der Waals surface area contributed by atoms with Crippen LogP contribution in [0.15, 0.2) is 16.4 Å². The van der Waals surface area contributed by atoms with Crippen LogP contribution in [0.3, 0.4) is 0 Å². The third-order valence-corrected chi connectivity index (χ3v) is 5.06. The fourth-order valence-electron chi connectivity index (χ4n) is 2.88. The number of hydrogen-bond acceptors (Lipinski definition) is 6. The average Bonchev–Trinajstić information content (AvgIpc) is 3.25. The Balaban J connectivity index is 1.61. The Bertz CT molecular complexity index is 795. The maximum Gasteiger partial charge on any atom is 0.264 e. The summed E-state index contributed by atoms with van der Waals surface area (Å²) in [5, 5.41) is 2.72. The van der Waals surface area contributed by atoms with Gasteiger partial charge in [0.15, 0.2) is 5.82 Å². The topological polar surface area (TPSA) is 88.2 Å². The number of hydrogen-bond donors (Lipinski definition) is 1. The molecule has 7 nitrogen and oxygen atoms in total. The number of nitrogens with zero attached hydrogens (tertiary/aromatic N) is 3. The first-order valence-corrected chi connectivity index (χ1v) is 9.31. The van der Waals surface area contributed by atoms with E-state index in [0.29, 0.717) is 24.2 Å². The van der Waals surface area contributed by atoms with Gasteiger partial charge >= 0.3 is 0 Å². The van der Waals surface area contributed by atoms with Crippen molar-refractivity contribution in [3.8, 4) is 11.5 Å². The van der Waals surface area contributed by atoms with Gasteiger partial charge < -0.3 is 14.6 Å². The monoisotopic (exact) mass is 362 g/mol. The molecule has 0 spiro atoms. The highest BCUT2D eigenvalue weighted by atomic mass is 32.1. The molecule has 0 bridgehead atoms. The fraction of sp³-hybridized carbons (Fsp3) is 0.529. The van der Waals surface area contributed by atoms with Crippen molar-refractivity contribution in [2.45, 2.75) is 38.7 Å². The number of nitrogens with one attached hydrogen (secondary N) is 1. The van der Waals surface area contributed by atoms with E-state index < -0.39 is 5.56 Å². The molecule has 2 aromatic rings. The second-order valence-corrected chi connectivity index (χ2v) is 7.29. The lowest BCUT2D eigenvalue weighted by Crippen LogP contribution is -2.33. The second-order valence-electron chi connectivity index (χ2n) is 6.23. The standard InChI is InChI=1S/C17H22N4O3S/c1-11-19-14(10-25-11)15-18-9-13(16(22)20-15)17(23)21(2)7-3-5-12-6-4-8-24-12/h9-10,12H,3-8H2,1-2H3,(H,18,20,22). The Morgan fingerprint density at radius 2 is 2.36 bits per heavy atom. The number of carbonyl (C=O) groups excluding carboxylic acids is 1. The number of carbonyl (C=O) groups is 1. The number of aromatic nitrogens is 3. The molecule has 1 atom stereocenters. The maximum atomic E-state index is 12.5. The zero-order valence-electron chi connectivity index (χ0n) is 14.4. The molecule has 0 aromatic carbocycles. The van der Waals surface area contributed by atoms with E-state index in [1.54, 1.807) is 11.9 Å². The van der Waals surface area contributed by atoms with Crippen LogP contribution < -0.4 is 5.56 Å². The lowest BCUT2D eigenvalue weighted by molar-refractivity contribution is 0.0761. The van der Waals surface area contributed by atoms with E-state index in [1.807, 2.05) is 12.3 Å². The SMILES string of the molecule is Cc1nc(-c2ncc(C(=O)N(C)CCCC3CCCO3)c(=O)[nH]2)cs1. The molecule has 2 aromatic heterocycles. The van der Waals surface area contributed by atoms with Gasteiger partial charge in [-0.2, -0.15) is 0 Å². The van der Waals surface area contributed by atoms with Crippen molar-refractivity contribution < 1.29 is 9.53 Å². The Morgan fingerprint density at radius 1 is 1.52 bits per heavy atom. The van der Waals surface area contributed by atoms with Crippen molar-refractivity contribution >= 4 is 17.2 Å². The third-order valence-electron chi connectivity index (χ3n) is 4.28. The van der Waals surface area contributed by atoms with Gasteiger partial charge in [-0.3, -0.25) is 9.59 Å². The van der Waals surface area contributed by atoms with Gasteiger partial charge in [-0.15, -0.1) is 11.3 Å². The number of ether oxygens (including phenoxy) is 1. The minimum Gasteiger partial charge on any atom is -0.378 e. The van der Waals surface area contributed by atoms with Crippen LogP contribution in [-0.4, -0.2) is 52.1 Å². The number of amides is 1. The van der Waals surface area contributed by atoms with E-state index in [-0.39, 0.29) is 11.5 Å². The summed E-state index contributed by atoms with van der Waals surface area (Å²) in [5.41, 5.74) is 0.227. The molecule has 0 radical (unpaired) electrons. The van der Waals surface area contributed by atoms with Crippen molar-refractivity contribution in [1.82, 2.24) is 19.9 Å². The summed E-state index contributed by atoms with van der Waals surface area (Å²) in [4.78, 5) is 37.4. The Labute approximate surface area is 150 Å². The molecule has 1 unspecified atom stereocenters. The molecule has 0 saturated carbocycles. The summed E-state index contributed by atoms with van der Waals surface area (Å²) >= 11 is 1.48. The zero-order chi connectivity index (χ0) is 17.8. The molecular formula is C17H22N4O3S. The summed E-state index contributed by atoms with van der Waals surface area (Å²) in [6.07, 6.45) is 5.66. The summed E-state index contributed by atoms with van der Waals surface area (Å²) in [6, 6.07) is 0. The molecule has 1 aliphatic rings. The molecule has 25 heavy (non-hydrogen) atoms. The molecule has 134 valence electrons. The quantitative estimate of drug-likeness (QED) is 0.851. The summed E-state index contributed by atoms with van der Waals surface area (Å²) in [7, 11) is 1.70. The molecule has 1 saturated heterocycles. The Hall–Kier alpha value is -2.06. The van der Waals surface area contributed by atoms with Gasteiger partial charge in [-0.25, -0.2) is 9.97 Å². The van der Waals surface area contributed by atoms with Gasteiger partial charge in [0.1, 0.15) is 11.3 Å². The van der Waals surface area contributed by atoms with Crippen LogP contribution in [0, 0.1) is 6.92 Å². The van der Waals surface area contributed by atoms with E-state index in [0.717, 1.165) is 37.3 Å². The third kappa shape index (κ3) is 4.32. The summed E-state index contributed by atoms with van der Waals surface area (Å²) in [5.74, 6) is 0.0639. The lowest BCUT2D eigenvalue weighted by Gasteiger charge is -2.17. The van der Waals surface area contributed by atoms with Crippen molar-refractivity contribution in [2.24, 2.45) is 0 Å². The number of aryl methyl sites for hydroxylation is 1. The molecular weight excluding hydrogens is 340 g/mol. The van der Waals surface area contributed by atoms with E-state index in [1.165, 1.54) is 17.5 Å². The molecule has 1 aliphatic heterocycles. The van der Waals surface area contributed by atoms with Crippen LogP contribution in [0.2, 0.25) is 0 Å². The summed E-state index contributed by atoms with van der Waals surface area (Å²) < 4.78 is 5.58. The van der Waals surface area contributed by atoms with Crippen LogP contribution in [0.5, 0.6) is 0 Å². The first-order valence-electron chi connectivity index (χ1n) is 8.43. The normalized spacial score (nSPS) is 17.0. The van der Waals surface area contributed by atoms with E-state index in [2.05, 4.69) is 15.0 Å². The highest BCUT2D eigenvalue weighted by Crippen LogP contribution is 2.18. The van der Waals surface area contributed by atoms with E-state index in [4.69, 9.17) is 4.74 Å². The highest BCUT2D eigenvalue weighted by Gasteiger charge is 2.19. The minimum absolute atomic E-state index is 0.0512. The molecule has 3 heterocycles. The second kappa shape index (κ2) is 7.88. The number of thiazole rings is 1. The highest BCUT2D eigenvalue weighted by molar-refractivity contribution is 7.09. The van der Waals surface area contributed by atoms with E-state index in [9.17, 15) is 9.59 Å². The minimum atomic E-state index is -0.438. The van der Waals surface area contributed by atoms with Crippen LogP contribution in [0.4, 0.5) is 0 Å². The largest absolute Gasteiger partial charge is 0.378 e. The smallest absolute Gasteiger partial charge is 0.264 e. The zero-order valence-corrected chi connectivity index (χ0v) is 15.3. The van der Waals surface area contributed by atoms with Gasteiger partial charge in [0.2, 0.25) is 0 Å². The molecule has 0 aliphatic carbocycles. The fourth-order valence-corrected chi connectivity index (χ4v) is 3.48. The van der Waals surface area contributed by atoms with Gasteiger partial charge in [0, 0.05) is 31.8 Å². The summed E-state index contributed by atoms with van der Waals surface area (Å²) in [6.45, 7) is 3.31. The predicted molar refractivity (Wildman–Crippen MR) is 95.9 cm³/mol. The first-order chi connectivity index (χ1) is 12.0. The van der Waals surface area contributed by atoms with Gasteiger partial charge in [-0.05, 0) is 32.6 Å². The molecule has 3 rings (SSSR count). The number of aromatic amines is 1. The van der Waals surface area contributed by atoms with Crippen molar-refractivity contribution in [2.75, 3.05) is 20.2 Å². The Morgan fingerprint density at radius 3 is 3.00 bits per heavy atom. The first kappa shape index (κ1) is 17.8. The van der Waals surface area contributed by atoms with Gasteiger partial charge in [-0.1, -0.05) is 0 Å². The van der Waals surface area contributed by atoms with Crippen molar-refractivity contribution in [3.63, 3.8) is 0 Å². The number of rotatable bonds is 6. The van der Waals surface area contributed by atoms with Gasteiger partial charge in [0.05, 0.1) is 11.1 Å². The molecule has 1 fully saturated rings. The predicted octanol–water partition coefficient (Wildman–Crippen LogP) is 2.23. The van der Waals surface area contributed by atoms with Crippen LogP contribution in [0.1, 0.15) is 41.0 Å². The molecule has 1 N–H and O–H groups in total. The van der Waals surface area contributed by atoms with Crippen LogP contribution in [0.25, 0.3) is 11.5 Å². The van der Waals surface area contributed by atoms with Crippen molar-refractivity contribution in [1.29, 1.82) is 0 Å². The van der Waals surface area contributed by atoms with Crippen LogP contribution in [-0.2, 0) is 4.74 Å². The van der Waals surface area contributed by atoms with E-state index >= 15 is 0 Å². The van der Waals surface area contributed by atoms with Gasteiger partial charge in [0.25, 0.3) is 11.5 Å². The lowest BCUT2D eigenvalue weighted by atomic mass is 10.1. The molecule has 1 amide bonds. The van der Waals surface area contributed by atoms with Crippen LogP contribution >= 0.6 is 11.3 Å². The number of H-pyrrole nitrogens is 1. The Kier molecular flexibility index (Phi) is 5.60. The molecule has 8 heteroatoms. The maximum absolute atomic E-state index is 12.5. The average molecular weight is 362 g/mol.